The van der Waals surface area contributed by atoms with E-state index in [-0.39, 0.29) is 11.9 Å². The Morgan fingerprint density at radius 3 is 2.32 bits per heavy atom. The maximum absolute atomic E-state index is 12.8. The molecular weight excluding hydrogens is 474 g/mol. The molecule has 38 heavy (non-hydrogen) atoms. The number of aromatic nitrogens is 1. The zero-order valence-corrected chi connectivity index (χ0v) is 23.2. The minimum atomic E-state index is 0.126. The van der Waals surface area contributed by atoms with Crippen molar-refractivity contribution in [2.45, 2.75) is 95.9 Å². The van der Waals surface area contributed by atoms with E-state index < -0.39 is 0 Å². The van der Waals surface area contributed by atoms with Gasteiger partial charge in [0.25, 0.3) is 0 Å². The van der Waals surface area contributed by atoms with Crippen molar-refractivity contribution in [3.05, 3.63) is 53.9 Å². The molecule has 208 valence electrons. The second-order valence-electron chi connectivity index (χ2n) is 11.0. The Balaban J connectivity index is 1.07. The summed E-state index contributed by atoms with van der Waals surface area (Å²) in [5.74, 6) is 1.84. The number of hydrogen-bond donors (Lipinski definition) is 1. The van der Waals surface area contributed by atoms with Gasteiger partial charge in [0, 0.05) is 31.4 Å². The molecule has 0 aliphatic carbocycles. The first-order valence-electron chi connectivity index (χ1n) is 15.1. The monoisotopic (exact) mass is 521 g/mol. The predicted octanol–water partition coefficient (Wildman–Crippen LogP) is 6.12. The molecule has 1 amide bonds. The molecule has 1 aromatic carbocycles. The fraction of sp³-hybridized carbons (Fsp3) is 0.625. The Morgan fingerprint density at radius 1 is 0.868 bits per heavy atom. The number of carbonyl (C=O) groups is 1. The molecule has 1 unspecified atom stereocenters. The third-order valence-corrected chi connectivity index (χ3v) is 7.72. The van der Waals surface area contributed by atoms with E-state index in [0.717, 1.165) is 56.8 Å². The van der Waals surface area contributed by atoms with Gasteiger partial charge in [-0.25, -0.2) is 0 Å². The molecule has 1 N–H and O–H groups in total. The zero-order valence-electron chi connectivity index (χ0n) is 23.2. The summed E-state index contributed by atoms with van der Waals surface area (Å²) >= 11 is 0. The normalized spacial score (nSPS) is 15.9. The Hall–Kier alpha value is -2.60. The van der Waals surface area contributed by atoms with Gasteiger partial charge in [-0.1, -0.05) is 57.1 Å². The fourth-order valence-electron chi connectivity index (χ4n) is 5.64. The Kier molecular flexibility index (Phi) is 12.2. The Morgan fingerprint density at radius 2 is 1.58 bits per heavy atom. The maximum atomic E-state index is 12.8. The summed E-state index contributed by atoms with van der Waals surface area (Å²) in [4.78, 5) is 19.5. The third-order valence-electron chi connectivity index (χ3n) is 7.72. The van der Waals surface area contributed by atoms with E-state index in [2.05, 4.69) is 33.4 Å². The molecule has 1 saturated heterocycles. The average molecular weight is 522 g/mol. The van der Waals surface area contributed by atoms with E-state index in [1.165, 1.54) is 68.9 Å². The van der Waals surface area contributed by atoms with Gasteiger partial charge in [0.05, 0.1) is 0 Å². The van der Waals surface area contributed by atoms with Gasteiger partial charge >= 0.3 is 0 Å². The smallest absolute Gasteiger partial charge is 0.220 e. The number of benzene rings is 1. The molecule has 6 nitrogen and oxygen atoms in total. The lowest BCUT2D eigenvalue weighted by molar-refractivity contribution is -0.122. The van der Waals surface area contributed by atoms with Gasteiger partial charge in [0.1, 0.15) is 13.2 Å². The number of unbranched alkanes of at least 4 members (excludes halogenated alkanes) is 8. The number of amides is 1. The van der Waals surface area contributed by atoms with Crippen LogP contribution in [0.5, 0.6) is 11.5 Å². The van der Waals surface area contributed by atoms with Gasteiger partial charge in [-0.15, -0.1) is 0 Å². The predicted molar refractivity (Wildman–Crippen MR) is 153 cm³/mol. The van der Waals surface area contributed by atoms with Gasteiger partial charge in [0.15, 0.2) is 11.5 Å². The number of nitrogens with one attached hydrogen (secondary N) is 1. The minimum Gasteiger partial charge on any atom is -0.486 e. The van der Waals surface area contributed by atoms with E-state index in [0.29, 0.717) is 19.6 Å². The summed E-state index contributed by atoms with van der Waals surface area (Å²) in [6, 6.07) is 10.5. The molecular formula is C32H47N3O3. The number of likely N-dealkylation sites (tertiary alicyclic amines) is 1. The molecule has 0 radical (unpaired) electrons. The molecule has 1 atom stereocenters. The summed E-state index contributed by atoms with van der Waals surface area (Å²) in [6.07, 6.45) is 20.1. The lowest BCUT2D eigenvalue weighted by atomic mass is 10.0. The van der Waals surface area contributed by atoms with Crippen LogP contribution in [0.1, 0.15) is 88.2 Å². The van der Waals surface area contributed by atoms with Crippen LogP contribution in [-0.2, 0) is 17.6 Å². The van der Waals surface area contributed by atoms with E-state index in [9.17, 15) is 4.79 Å². The summed E-state index contributed by atoms with van der Waals surface area (Å²) in [5, 5.41) is 3.36. The lowest BCUT2D eigenvalue weighted by Crippen LogP contribution is -2.44. The molecule has 1 fully saturated rings. The molecule has 0 spiro atoms. The maximum Gasteiger partial charge on any atom is 0.220 e. The number of ether oxygens (including phenoxy) is 2. The number of pyridine rings is 1. The number of carbonyl (C=O) groups excluding carboxylic acids is 1. The zero-order chi connectivity index (χ0) is 26.3. The first kappa shape index (κ1) is 28.4. The van der Waals surface area contributed by atoms with Crippen molar-refractivity contribution in [1.82, 2.24) is 15.2 Å². The number of rotatable bonds is 17. The van der Waals surface area contributed by atoms with Gasteiger partial charge in [0.2, 0.25) is 5.91 Å². The second-order valence-corrected chi connectivity index (χ2v) is 11.0. The summed E-state index contributed by atoms with van der Waals surface area (Å²) in [7, 11) is 0. The van der Waals surface area contributed by atoms with Crippen LogP contribution in [0.3, 0.4) is 0 Å². The molecule has 6 heteroatoms. The van der Waals surface area contributed by atoms with Crippen LogP contribution in [0, 0.1) is 0 Å². The SMILES string of the molecule is O=C(CCCCCCCCCCCc1cccnc1)NC(Cc1ccc2c(c1)OCCO2)CN1CCCC1. The van der Waals surface area contributed by atoms with E-state index in [1.54, 1.807) is 0 Å². The molecule has 4 rings (SSSR count). The molecule has 3 heterocycles. The van der Waals surface area contributed by atoms with Crippen LogP contribution in [-0.4, -0.2) is 54.7 Å². The van der Waals surface area contributed by atoms with Crippen molar-refractivity contribution in [3.63, 3.8) is 0 Å². The number of fused-ring (bicyclic) bond motifs is 1. The highest BCUT2D eigenvalue weighted by Gasteiger charge is 2.21. The van der Waals surface area contributed by atoms with Crippen LogP contribution in [0.15, 0.2) is 42.7 Å². The number of aryl methyl sites for hydroxylation is 1. The van der Waals surface area contributed by atoms with Gasteiger partial charge in [-0.3, -0.25) is 9.78 Å². The highest BCUT2D eigenvalue weighted by molar-refractivity contribution is 5.76. The first-order chi connectivity index (χ1) is 18.8. The molecule has 0 bridgehead atoms. The average Bonchev–Trinajstić information content (AvgIpc) is 3.45. The largest absolute Gasteiger partial charge is 0.486 e. The van der Waals surface area contributed by atoms with Crippen molar-refractivity contribution >= 4 is 5.91 Å². The second kappa shape index (κ2) is 16.4. The van der Waals surface area contributed by atoms with Gasteiger partial charge in [-0.2, -0.15) is 0 Å². The molecule has 2 aromatic rings. The number of nitrogens with zero attached hydrogens (tertiary/aromatic N) is 2. The van der Waals surface area contributed by atoms with Crippen molar-refractivity contribution in [2.24, 2.45) is 0 Å². The van der Waals surface area contributed by atoms with Crippen molar-refractivity contribution in [2.75, 3.05) is 32.8 Å². The summed E-state index contributed by atoms with van der Waals surface area (Å²) in [6.45, 7) is 4.39. The van der Waals surface area contributed by atoms with Crippen molar-refractivity contribution in [3.8, 4) is 11.5 Å². The lowest BCUT2D eigenvalue weighted by Gasteiger charge is -2.25. The van der Waals surface area contributed by atoms with Crippen LogP contribution in [0.25, 0.3) is 0 Å². The van der Waals surface area contributed by atoms with Crippen LogP contribution < -0.4 is 14.8 Å². The third kappa shape index (κ3) is 10.3. The van der Waals surface area contributed by atoms with Crippen molar-refractivity contribution in [1.29, 1.82) is 0 Å². The molecule has 0 saturated carbocycles. The standard InChI is InChI=1S/C32H47N3O3/c36-32(15-9-7-5-3-1-2-4-6-8-13-27-14-12-18-33-25-27)34-29(26-35-19-10-11-20-35)23-28-16-17-30-31(24-28)38-22-21-37-30/h12,14,16-18,24-25,29H,1-11,13,15,19-23,26H2,(H,34,36). The van der Waals surface area contributed by atoms with Crippen LogP contribution in [0.4, 0.5) is 0 Å². The van der Waals surface area contributed by atoms with E-state index in [1.807, 2.05) is 24.5 Å². The van der Waals surface area contributed by atoms with Crippen LogP contribution in [0.2, 0.25) is 0 Å². The fourth-order valence-corrected chi connectivity index (χ4v) is 5.64. The topological polar surface area (TPSA) is 63.7 Å². The first-order valence-corrected chi connectivity index (χ1v) is 15.1. The molecule has 2 aliphatic rings. The Bertz CT molecular complexity index is 946. The number of hydrogen-bond acceptors (Lipinski definition) is 5. The van der Waals surface area contributed by atoms with Gasteiger partial charge < -0.3 is 19.7 Å². The quantitative estimate of drug-likeness (QED) is 0.254. The molecule has 1 aromatic heterocycles. The highest BCUT2D eigenvalue weighted by atomic mass is 16.6. The Labute approximate surface area is 229 Å². The minimum absolute atomic E-state index is 0.126. The highest BCUT2D eigenvalue weighted by Crippen LogP contribution is 2.31. The van der Waals surface area contributed by atoms with E-state index in [4.69, 9.17) is 9.47 Å². The summed E-state index contributed by atoms with van der Waals surface area (Å²) in [5.41, 5.74) is 2.54. The van der Waals surface area contributed by atoms with E-state index >= 15 is 0 Å². The summed E-state index contributed by atoms with van der Waals surface area (Å²) < 4.78 is 11.4. The molecule has 2 aliphatic heterocycles. The van der Waals surface area contributed by atoms with Crippen molar-refractivity contribution < 1.29 is 14.3 Å². The van der Waals surface area contributed by atoms with Gasteiger partial charge in [-0.05, 0) is 80.9 Å². The van der Waals surface area contributed by atoms with Crippen LogP contribution >= 0.6 is 0 Å².